The number of anilines is 1. The highest BCUT2D eigenvalue weighted by atomic mass is 32.1. The van der Waals surface area contributed by atoms with Crippen molar-refractivity contribution < 1.29 is 19.0 Å². The maximum Gasteiger partial charge on any atom is 0.338 e. The van der Waals surface area contributed by atoms with E-state index in [-0.39, 0.29) is 12.2 Å². The molecule has 0 bridgehead atoms. The van der Waals surface area contributed by atoms with E-state index in [2.05, 4.69) is 0 Å². The molecule has 9 heteroatoms. The van der Waals surface area contributed by atoms with Gasteiger partial charge in [-0.1, -0.05) is 59.9 Å². The fraction of sp³-hybridized carbons (Fsp3) is 0.242. The Hall–Kier alpha value is -4.63. The first kappa shape index (κ1) is 28.9. The average Bonchev–Trinajstić information content (AvgIpc) is 3.31. The number of carbonyl (C=O) groups is 1. The quantitative estimate of drug-likeness (QED) is 0.269. The van der Waals surface area contributed by atoms with Gasteiger partial charge in [0.1, 0.15) is 12.6 Å². The van der Waals surface area contributed by atoms with E-state index >= 15 is 0 Å². The van der Waals surface area contributed by atoms with Gasteiger partial charge in [-0.25, -0.2) is 9.79 Å². The average molecular weight is 584 g/mol. The Labute approximate surface area is 248 Å². The summed E-state index contributed by atoms with van der Waals surface area (Å²) in [5.74, 6) is 0.578. The van der Waals surface area contributed by atoms with Crippen LogP contribution in [-0.2, 0) is 16.1 Å². The number of esters is 1. The molecule has 0 spiro atoms. The van der Waals surface area contributed by atoms with Gasteiger partial charge in [-0.2, -0.15) is 0 Å². The van der Waals surface area contributed by atoms with Crippen molar-refractivity contribution in [3.05, 3.63) is 115 Å². The molecular formula is C33H33N3O5S. The van der Waals surface area contributed by atoms with Gasteiger partial charge >= 0.3 is 5.97 Å². The molecule has 0 N–H and O–H groups in total. The summed E-state index contributed by atoms with van der Waals surface area (Å²) in [6, 6.07) is 22.6. The molecule has 0 saturated carbocycles. The lowest BCUT2D eigenvalue weighted by Gasteiger charge is -2.23. The van der Waals surface area contributed by atoms with Crippen molar-refractivity contribution >= 4 is 34.8 Å². The van der Waals surface area contributed by atoms with Gasteiger partial charge in [0, 0.05) is 25.5 Å². The summed E-state index contributed by atoms with van der Waals surface area (Å²) in [5.41, 5.74) is 4.30. The molecule has 8 nitrogen and oxygen atoms in total. The second-order valence-electron chi connectivity index (χ2n) is 9.96. The standard InChI is InChI=1S/C33H33N3O5S/c1-6-40-32(38)29-21(2)36-31(37)28(18-22-12-15-25(16-13-22)35(3)4)42-33(36)34-30(29)24-14-17-26(27(19-24)39-5)41-20-23-10-8-7-9-11-23/h7-19,30H,6,20H2,1-5H3/b28-18-/t30-/m0/s1. The molecule has 4 aromatic rings. The van der Waals surface area contributed by atoms with Crippen LogP contribution in [0.2, 0.25) is 0 Å². The Morgan fingerprint density at radius 1 is 1.05 bits per heavy atom. The molecule has 0 saturated heterocycles. The summed E-state index contributed by atoms with van der Waals surface area (Å²) in [6.45, 7) is 4.10. The third-order valence-electron chi connectivity index (χ3n) is 6.99. The Kier molecular flexibility index (Phi) is 8.59. The van der Waals surface area contributed by atoms with Crippen LogP contribution in [0.4, 0.5) is 5.69 Å². The van der Waals surface area contributed by atoms with Crippen LogP contribution in [0.25, 0.3) is 11.8 Å². The third-order valence-corrected chi connectivity index (χ3v) is 7.97. The molecule has 1 atom stereocenters. The van der Waals surface area contributed by atoms with Crippen molar-refractivity contribution in [2.45, 2.75) is 26.5 Å². The zero-order valence-electron chi connectivity index (χ0n) is 24.3. The van der Waals surface area contributed by atoms with Gasteiger partial charge in [0.25, 0.3) is 5.56 Å². The second-order valence-corrected chi connectivity index (χ2v) is 11.0. The SMILES string of the molecule is CCOC(=O)C1=C(C)n2c(s/c(=C\c3ccc(N(C)C)cc3)c2=O)=N[C@H]1c1ccc(OCc2ccccc2)c(OC)c1. The first-order chi connectivity index (χ1) is 20.3. The number of nitrogens with zero attached hydrogens (tertiary/aromatic N) is 3. The first-order valence-corrected chi connectivity index (χ1v) is 14.4. The van der Waals surface area contributed by atoms with Gasteiger partial charge in [0.05, 0.1) is 23.8 Å². The number of benzene rings is 3. The Balaban J connectivity index is 1.57. The number of rotatable bonds is 9. The van der Waals surface area contributed by atoms with Gasteiger partial charge in [-0.3, -0.25) is 9.36 Å². The summed E-state index contributed by atoms with van der Waals surface area (Å²) < 4.78 is 19.1. The van der Waals surface area contributed by atoms with Gasteiger partial charge < -0.3 is 19.1 Å². The summed E-state index contributed by atoms with van der Waals surface area (Å²) in [5, 5.41) is 0. The zero-order chi connectivity index (χ0) is 29.8. The zero-order valence-corrected chi connectivity index (χ0v) is 25.1. The number of ether oxygens (including phenoxy) is 3. The predicted octanol–water partition coefficient (Wildman–Crippen LogP) is 4.56. The molecule has 0 amide bonds. The molecule has 1 aliphatic heterocycles. The minimum absolute atomic E-state index is 0.200. The minimum atomic E-state index is -0.689. The fourth-order valence-electron chi connectivity index (χ4n) is 4.79. The molecule has 0 aliphatic carbocycles. The van der Waals surface area contributed by atoms with E-state index in [0.29, 0.717) is 38.7 Å². The molecule has 1 aliphatic rings. The van der Waals surface area contributed by atoms with Gasteiger partial charge in [0.15, 0.2) is 16.3 Å². The van der Waals surface area contributed by atoms with Crippen LogP contribution in [0.1, 0.15) is 36.6 Å². The van der Waals surface area contributed by atoms with E-state index in [1.165, 1.54) is 15.9 Å². The summed E-state index contributed by atoms with van der Waals surface area (Å²) in [7, 11) is 5.53. The van der Waals surface area contributed by atoms with Crippen LogP contribution in [0.15, 0.2) is 88.2 Å². The molecule has 3 aromatic carbocycles. The first-order valence-electron chi connectivity index (χ1n) is 13.6. The lowest BCUT2D eigenvalue weighted by Crippen LogP contribution is -2.35. The number of fused-ring (bicyclic) bond motifs is 1. The summed E-state index contributed by atoms with van der Waals surface area (Å²) in [6.07, 6.45) is 1.85. The van der Waals surface area contributed by atoms with Crippen LogP contribution in [0.5, 0.6) is 11.5 Å². The molecule has 2 heterocycles. The Morgan fingerprint density at radius 2 is 1.79 bits per heavy atom. The van der Waals surface area contributed by atoms with Gasteiger partial charge in [0.2, 0.25) is 0 Å². The van der Waals surface area contributed by atoms with Gasteiger partial charge in [-0.05, 0) is 60.9 Å². The molecule has 216 valence electrons. The number of methoxy groups -OCH3 is 1. The smallest absolute Gasteiger partial charge is 0.338 e. The van der Waals surface area contributed by atoms with Gasteiger partial charge in [-0.15, -0.1) is 0 Å². The fourth-order valence-corrected chi connectivity index (χ4v) is 5.83. The normalized spacial score (nSPS) is 14.7. The number of allylic oxidation sites excluding steroid dienone is 1. The van der Waals surface area contributed by atoms with Crippen molar-refractivity contribution in [2.24, 2.45) is 4.99 Å². The van der Waals surface area contributed by atoms with Crippen LogP contribution < -0.4 is 29.3 Å². The van der Waals surface area contributed by atoms with Crippen molar-refractivity contribution in [1.29, 1.82) is 0 Å². The van der Waals surface area contributed by atoms with Crippen molar-refractivity contribution in [3.63, 3.8) is 0 Å². The van der Waals surface area contributed by atoms with Crippen LogP contribution in [-0.4, -0.2) is 38.3 Å². The number of carbonyl (C=O) groups excluding carboxylic acids is 1. The number of hydrogen-bond acceptors (Lipinski definition) is 8. The molecule has 0 unspecified atom stereocenters. The number of thiazole rings is 1. The number of aromatic nitrogens is 1. The predicted molar refractivity (Wildman–Crippen MR) is 166 cm³/mol. The highest BCUT2D eigenvalue weighted by Crippen LogP contribution is 2.37. The molecule has 5 rings (SSSR count). The lowest BCUT2D eigenvalue weighted by molar-refractivity contribution is -0.138. The van der Waals surface area contributed by atoms with E-state index < -0.39 is 12.0 Å². The van der Waals surface area contributed by atoms with Crippen LogP contribution in [0, 0.1) is 0 Å². The van der Waals surface area contributed by atoms with E-state index in [0.717, 1.165) is 22.4 Å². The van der Waals surface area contributed by atoms with Crippen molar-refractivity contribution in [1.82, 2.24) is 4.57 Å². The summed E-state index contributed by atoms with van der Waals surface area (Å²) in [4.78, 5) is 34.3. The Bertz CT molecular complexity index is 1810. The maximum atomic E-state index is 13.6. The lowest BCUT2D eigenvalue weighted by atomic mass is 9.96. The molecule has 0 radical (unpaired) electrons. The molecule has 42 heavy (non-hydrogen) atoms. The maximum absolute atomic E-state index is 13.6. The monoisotopic (exact) mass is 583 g/mol. The van der Waals surface area contributed by atoms with E-state index in [1.807, 2.05) is 97.9 Å². The van der Waals surface area contributed by atoms with Crippen molar-refractivity contribution in [2.75, 3.05) is 32.7 Å². The van der Waals surface area contributed by atoms with E-state index in [9.17, 15) is 9.59 Å². The molecule has 0 fully saturated rings. The van der Waals surface area contributed by atoms with Crippen molar-refractivity contribution in [3.8, 4) is 11.5 Å². The third kappa shape index (κ3) is 5.87. The molecule has 1 aromatic heterocycles. The highest BCUT2D eigenvalue weighted by molar-refractivity contribution is 7.07. The topological polar surface area (TPSA) is 82.4 Å². The Morgan fingerprint density at radius 3 is 2.45 bits per heavy atom. The summed E-state index contributed by atoms with van der Waals surface area (Å²) >= 11 is 1.29. The van der Waals surface area contributed by atoms with E-state index in [1.54, 1.807) is 21.0 Å². The van der Waals surface area contributed by atoms with E-state index in [4.69, 9.17) is 19.2 Å². The molecular weight excluding hydrogens is 550 g/mol. The highest BCUT2D eigenvalue weighted by Gasteiger charge is 2.32. The minimum Gasteiger partial charge on any atom is -0.493 e. The van der Waals surface area contributed by atoms with Crippen LogP contribution >= 0.6 is 11.3 Å². The van der Waals surface area contributed by atoms with Crippen LogP contribution in [0.3, 0.4) is 0 Å². The largest absolute Gasteiger partial charge is 0.493 e. The number of hydrogen-bond donors (Lipinski definition) is 0. The second kappa shape index (κ2) is 12.5.